The Morgan fingerprint density at radius 1 is 1.39 bits per heavy atom. The molecule has 0 spiro atoms. The van der Waals surface area contributed by atoms with Crippen LogP contribution in [-0.4, -0.2) is 9.55 Å². The van der Waals surface area contributed by atoms with Crippen LogP contribution in [0.3, 0.4) is 0 Å². The molecule has 0 aliphatic carbocycles. The maximum atomic E-state index is 6.10. The van der Waals surface area contributed by atoms with E-state index in [1.54, 1.807) is 0 Å². The maximum Gasteiger partial charge on any atom is 0.0642 e. The molecule has 18 heavy (non-hydrogen) atoms. The zero-order valence-electron chi connectivity index (χ0n) is 10.5. The van der Waals surface area contributed by atoms with Gasteiger partial charge in [0.15, 0.2) is 0 Å². The molecule has 0 bridgehead atoms. The van der Waals surface area contributed by atoms with Crippen LogP contribution in [0.1, 0.15) is 37.1 Å². The second-order valence-corrected chi connectivity index (χ2v) is 5.40. The molecule has 2 N–H and O–H groups in total. The van der Waals surface area contributed by atoms with E-state index >= 15 is 0 Å². The van der Waals surface area contributed by atoms with Gasteiger partial charge in [0.1, 0.15) is 0 Å². The molecule has 0 saturated carbocycles. The number of nitrogens with two attached hydrogens (primary N) is 1. The second-order valence-electron chi connectivity index (χ2n) is 4.48. The number of pyridine rings is 1. The van der Waals surface area contributed by atoms with Crippen molar-refractivity contribution in [2.45, 2.75) is 32.4 Å². The van der Waals surface area contributed by atoms with Gasteiger partial charge in [0, 0.05) is 29.1 Å². The van der Waals surface area contributed by atoms with Gasteiger partial charge in [-0.25, -0.2) is 0 Å². The van der Waals surface area contributed by atoms with Crippen molar-refractivity contribution in [1.82, 2.24) is 9.55 Å². The standard InChI is InChI=1S/C14H18BrN3/c1-2-3-14(16)11-6-7-18(9-11)10-13-5-4-12(15)8-17-13/h4-9,14H,2-3,10,16H2,1H3. The predicted molar refractivity (Wildman–Crippen MR) is 77.3 cm³/mol. The fourth-order valence-corrected chi connectivity index (χ4v) is 2.18. The summed E-state index contributed by atoms with van der Waals surface area (Å²) in [5.74, 6) is 0. The predicted octanol–water partition coefficient (Wildman–Crippen LogP) is 3.49. The first-order valence-corrected chi connectivity index (χ1v) is 7.00. The highest BCUT2D eigenvalue weighted by atomic mass is 79.9. The normalized spacial score (nSPS) is 12.6. The molecule has 3 nitrogen and oxygen atoms in total. The molecule has 0 fully saturated rings. The Bertz CT molecular complexity index is 490. The molecule has 0 aliphatic heterocycles. The van der Waals surface area contributed by atoms with Crippen molar-refractivity contribution in [2.75, 3.05) is 0 Å². The van der Waals surface area contributed by atoms with Crippen LogP contribution in [0.15, 0.2) is 41.3 Å². The Kier molecular flexibility index (Phi) is 4.55. The Morgan fingerprint density at radius 3 is 2.89 bits per heavy atom. The third-order valence-corrected chi connectivity index (χ3v) is 3.40. The molecule has 96 valence electrons. The Morgan fingerprint density at radius 2 is 2.22 bits per heavy atom. The monoisotopic (exact) mass is 307 g/mol. The zero-order chi connectivity index (χ0) is 13.0. The zero-order valence-corrected chi connectivity index (χ0v) is 12.1. The minimum Gasteiger partial charge on any atom is -0.348 e. The highest BCUT2D eigenvalue weighted by molar-refractivity contribution is 9.10. The first-order chi connectivity index (χ1) is 8.69. The third kappa shape index (κ3) is 3.43. The number of nitrogens with zero attached hydrogens (tertiary/aromatic N) is 2. The first-order valence-electron chi connectivity index (χ1n) is 6.20. The summed E-state index contributed by atoms with van der Waals surface area (Å²) in [6, 6.07) is 6.28. The van der Waals surface area contributed by atoms with Crippen molar-refractivity contribution in [1.29, 1.82) is 0 Å². The third-order valence-electron chi connectivity index (χ3n) is 2.93. The Labute approximate surface area is 116 Å². The molecule has 1 unspecified atom stereocenters. The van der Waals surface area contributed by atoms with Crippen LogP contribution in [0.5, 0.6) is 0 Å². The van der Waals surface area contributed by atoms with Gasteiger partial charge in [-0.2, -0.15) is 0 Å². The van der Waals surface area contributed by atoms with E-state index in [0.29, 0.717) is 0 Å². The van der Waals surface area contributed by atoms with Crippen LogP contribution < -0.4 is 5.73 Å². The SMILES string of the molecule is CCCC(N)c1ccn(Cc2ccc(Br)cn2)c1. The number of rotatable bonds is 5. The summed E-state index contributed by atoms with van der Waals surface area (Å²) in [5.41, 5.74) is 8.35. The van der Waals surface area contributed by atoms with Crippen molar-refractivity contribution in [3.05, 3.63) is 52.5 Å². The molecule has 0 aliphatic rings. The largest absolute Gasteiger partial charge is 0.348 e. The fraction of sp³-hybridized carbons (Fsp3) is 0.357. The molecule has 2 aromatic heterocycles. The van der Waals surface area contributed by atoms with Gasteiger partial charge < -0.3 is 10.3 Å². The van der Waals surface area contributed by atoms with Crippen LogP contribution in [0.25, 0.3) is 0 Å². The van der Waals surface area contributed by atoms with Crippen molar-refractivity contribution in [2.24, 2.45) is 5.73 Å². The topological polar surface area (TPSA) is 43.8 Å². The minimum atomic E-state index is 0.147. The van der Waals surface area contributed by atoms with E-state index in [1.807, 2.05) is 18.3 Å². The summed E-state index contributed by atoms with van der Waals surface area (Å²) in [4.78, 5) is 4.37. The average Bonchev–Trinajstić information content (AvgIpc) is 2.81. The van der Waals surface area contributed by atoms with E-state index in [0.717, 1.165) is 29.6 Å². The molecule has 1 atom stereocenters. The Hall–Kier alpha value is -1.13. The van der Waals surface area contributed by atoms with Crippen LogP contribution >= 0.6 is 15.9 Å². The lowest BCUT2D eigenvalue weighted by Crippen LogP contribution is -2.08. The van der Waals surface area contributed by atoms with Crippen molar-refractivity contribution < 1.29 is 0 Å². The summed E-state index contributed by atoms with van der Waals surface area (Å²) >= 11 is 3.39. The summed E-state index contributed by atoms with van der Waals surface area (Å²) in [7, 11) is 0. The average molecular weight is 308 g/mol. The number of hydrogen-bond donors (Lipinski definition) is 1. The molecule has 2 rings (SSSR count). The van der Waals surface area contributed by atoms with E-state index < -0.39 is 0 Å². The van der Waals surface area contributed by atoms with E-state index in [2.05, 4.69) is 50.9 Å². The maximum absolute atomic E-state index is 6.10. The van der Waals surface area contributed by atoms with Crippen molar-refractivity contribution in [3.63, 3.8) is 0 Å². The van der Waals surface area contributed by atoms with E-state index in [9.17, 15) is 0 Å². The lowest BCUT2D eigenvalue weighted by atomic mass is 10.1. The molecule has 2 heterocycles. The molecule has 4 heteroatoms. The molecule has 0 saturated heterocycles. The molecule has 0 radical (unpaired) electrons. The van der Waals surface area contributed by atoms with Crippen molar-refractivity contribution >= 4 is 15.9 Å². The van der Waals surface area contributed by atoms with E-state index in [4.69, 9.17) is 5.73 Å². The summed E-state index contributed by atoms with van der Waals surface area (Å²) in [6.45, 7) is 2.94. The molecule has 0 amide bonds. The molecular weight excluding hydrogens is 290 g/mol. The summed E-state index contributed by atoms with van der Waals surface area (Å²) in [6.07, 6.45) is 8.14. The van der Waals surface area contributed by atoms with Gasteiger partial charge in [0.2, 0.25) is 0 Å². The number of halogens is 1. The fourth-order valence-electron chi connectivity index (χ4n) is 1.94. The molecule has 2 aromatic rings. The highest BCUT2D eigenvalue weighted by Crippen LogP contribution is 2.16. The molecular formula is C14H18BrN3. The smallest absolute Gasteiger partial charge is 0.0642 e. The Balaban J connectivity index is 2.04. The van der Waals surface area contributed by atoms with Gasteiger partial charge in [-0.1, -0.05) is 13.3 Å². The number of hydrogen-bond acceptors (Lipinski definition) is 2. The lowest BCUT2D eigenvalue weighted by molar-refractivity contribution is 0.635. The van der Waals surface area contributed by atoms with Crippen LogP contribution in [-0.2, 0) is 6.54 Å². The quantitative estimate of drug-likeness (QED) is 0.919. The highest BCUT2D eigenvalue weighted by Gasteiger charge is 2.06. The van der Waals surface area contributed by atoms with Gasteiger partial charge in [0.25, 0.3) is 0 Å². The number of aromatic nitrogens is 2. The van der Waals surface area contributed by atoms with Crippen molar-refractivity contribution in [3.8, 4) is 0 Å². The summed E-state index contributed by atoms with van der Waals surface area (Å²) < 4.78 is 3.13. The van der Waals surface area contributed by atoms with Crippen LogP contribution in [0.4, 0.5) is 0 Å². The summed E-state index contributed by atoms with van der Waals surface area (Å²) in [5, 5.41) is 0. The molecule has 0 aromatic carbocycles. The van der Waals surface area contributed by atoms with Gasteiger partial charge in [-0.05, 0) is 46.1 Å². The van der Waals surface area contributed by atoms with E-state index in [-0.39, 0.29) is 6.04 Å². The second kappa shape index (κ2) is 6.16. The van der Waals surface area contributed by atoms with Gasteiger partial charge in [-0.3, -0.25) is 4.98 Å². The van der Waals surface area contributed by atoms with Crippen LogP contribution in [0.2, 0.25) is 0 Å². The van der Waals surface area contributed by atoms with Crippen LogP contribution in [0, 0.1) is 0 Å². The lowest BCUT2D eigenvalue weighted by Gasteiger charge is -2.07. The van der Waals surface area contributed by atoms with Gasteiger partial charge >= 0.3 is 0 Å². The minimum absolute atomic E-state index is 0.147. The van der Waals surface area contributed by atoms with Gasteiger partial charge in [-0.15, -0.1) is 0 Å². The van der Waals surface area contributed by atoms with E-state index in [1.165, 1.54) is 5.56 Å². The van der Waals surface area contributed by atoms with Gasteiger partial charge in [0.05, 0.1) is 12.2 Å². The first kappa shape index (κ1) is 13.3.